The molecule has 7 heteroatoms. The molecular formula is C22H23BrN2O4. The third-order valence-corrected chi connectivity index (χ3v) is 5.54. The number of carbonyl (C=O) groups is 3. The number of benzene rings is 2. The van der Waals surface area contributed by atoms with Crippen molar-refractivity contribution in [2.45, 2.75) is 26.3 Å². The molecule has 1 aliphatic heterocycles. The van der Waals surface area contributed by atoms with Gasteiger partial charge in [-0.3, -0.25) is 14.4 Å². The number of likely N-dealkylation sites (tertiary alicyclic amines) is 1. The topological polar surface area (TPSA) is 75.7 Å². The Morgan fingerprint density at radius 3 is 2.66 bits per heavy atom. The molecule has 1 saturated heterocycles. The first-order chi connectivity index (χ1) is 13.8. The normalized spacial score (nSPS) is 17.1. The lowest BCUT2D eigenvalue weighted by Gasteiger charge is -2.25. The molecular weight excluding hydrogens is 436 g/mol. The van der Waals surface area contributed by atoms with Gasteiger partial charge in [0.2, 0.25) is 5.91 Å². The van der Waals surface area contributed by atoms with E-state index in [9.17, 15) is 14.4 Å². The van der Waals surface area contributed by atoms with Gasteiger partial charge in [0.25, 0.3) is 5.91 Å². The first kappa shape index (κ1) is 21.0. The smallest absolute Gasteiger partial charge is 0.311 e. The van der Waals surface area contributed by atoms with E-state index in [1.807, 2.05) is 56.3 Å². The minimum atomic E-state index is -0.559. The summed E-state index contributed by atoms with van der Waals surface area (Å²) in [5.74, 6) is -1.58. The summed E-state index contributed by atoms with van der Waals surface area (Å²) < 4.78 is 6.08. The van der Waals surface area contributed by atoms with Gasteiger partial charge in [0.15, 0.2) is 6.61 Å². The molecule has 2 aromatic rings. The van der Waals surface area contributed by atoms with Crippen molar-refractivity contribution < 1.29 is 19.1 Å². The Hall–Kier alpha value is -2.67. The molecule has 152 valence electrons. The van der Waals surface area contributed by atoms with Gasteiger partial charge < -0.3 is 15.0 Å². The number of halogens is 1. The molecule has 2 aromatic carbocycles. The van der Waals surface area contributed by atoms with Gasteiger partial charge in [-0.2, -0.15) is 0 Å². The standard InChI is InChI=1S/C22H23BrN2O4/c1-14-10-18(23)8-9-19(14)24-20(26)13-29-22(28)17-11-21(27)25(12-17)15(2)16-6-4-3-5-7-16/h3-10,15,17H,11-13H2,1-2H3,(H,24,26)/t15-,17-/m1/s1. The van der Waals surface area contributed by atoms with Crippen LogP contribution in [0.5, 0.6) is 0 Å². The van der Waals surface area contributed by atoms with Crippen LogP contribution in [0, 0.1) is 12.8 Å². The van der Waals surface area contributed by atoms with Crippen LogP contribution in [0.15, 0.2) is 53.0 Å². The van der Waals surface area contributed by atoms with Gasteiger partial charge in [0.1, 0.15) is 0 Å². The van der Waals surface area contributed by atoms with E-state index in [4.69, 9.17) is 4.74 Å². The van der Waals surface area contributed by atoms with E-state index >= 15 is 0 Å². The number of nitrogens with zero attached hydrogens (tertiary/aromatic N) is 1. The van der Waals surface area contributed by atoms with Crippen LogP contribution in [0.25, 0.3) is 0 Å². The van der Waals surface area contributed by atoms with Crippen molar-refractivity contribution in [2.75, 3.05) is 18.5 Å². The number of rotatable bonds is 6. The monoisotopic (exact) mass is 458 g/mol. The van der Waals surface area contributed by atoms with Gasteiger partial charge in [-0.1, -0.05) is 46.3 Å². The number of amides is 2. The molecule has 0 aliphatic carbocycles. The Balaban J connectivity index is 1.52. The molecule has 0 spiro atoms. The average Bonchev–Trinajstić information content (AvgIpc) is 3.10. The van der Waals surface area contributed by atoms with Gasteiger partial charge in [-0.25, -0.2) is 0 Å². The number of esters is 1. The zero-order valence-electron chi connectivity index (χ0n) is 16.4. The molecule has 3 rings (SSSR count). The molecule has 2 amide bonds. The van der Waals surface area contributed by atoms with Crippen LogP contribution < -0.4 is 5.32 Å². The second-order valence-corrected chi connectivity index (χ2v) is 8.06. The predicted molar refractivity (Wildman–Crippen MR) is 113 cm³/mol. The third-order valence-electron chi connectivity index (χ3n) is 5.05. The summed E-state index contributed by atoms with van der Waals surface area (Å²) in [7, 11) is 0. The Kier molecular flexibility index (Phi) is 6.69. The Morgan fingerprint density at radius 1 is 1.24 bits per heavy atom. The van der Waals surface area contributed by atoms with Crippen LogP contribution in [-0.4, -0.2) is 35.8 Å². The summed E-state index contributed by atoms with van der Waals surface area (Å²) in [6.45, 7) is 3.72. The number of nitrogens with one attached hydrogen (secondary N) is 1. The number of hydrogen-bond acceptors (Lipinski definition) is 4. The van der Waals surface area contributed by atoms with Gasteiger partial charge >= 0.3 is 5.97 Å². The van der Waals surface area contributed by atoms with E-state index < -0.39 is 17.8 Å². The van der Waals surface area contributed by atoms with Crippen molar-refractivity contribution in [1.29, 1.82) is 0 Å². The minimum absolute atomic E-state index is 0.0850. The van der Waals surface area contributed by atoms with Crippen LogP contribution in [0.4, 0.5) is 5.69 Å². The Bertz CT molecular complexity index is 916. The lowest BCUT2D eigenvalue weighted by Crippen LogP contribution is -2.30. The number of hydrogen-bond donors (Lipinski definition) is 1. The van der Waals surface area contributed by atoms with E-state index in [2.05, 4.69) is 21.2 Å². The van der Waals surface area contributed by atoms with E-state index in [-0.39, 0.29) is 25.0 Å². The fourth-order valence-corrected chi connectivity index (χ4v) is 3.86. The van der Waals surface area contributed by atoms with E-state index in [1.165, 1.54) is 0 Å². The summed E-state index contributed by atoms with van der Waals surface area (Å²) in [5.41, 5.74) is 2.57. The van der Waals surface area contributed by atoms with Crippen molar-refractivity contribution in [3.05, 3.63) is 64.1 Å². The summed E-state index contributed by atoms with van der Waals surface area (Å²) in [5, 5.41) is 2.73. The van der Waals surface area contributed by atoms with Gasteiger partial charge in [0.05, 0.1) is 12.0 Å². The molecule has 1 fully saturated rings. The fourth-order valence-electron chi connectivity index (χ4n) is 3.38. The molecule has 1 aliphatic rings. The second-order valence-electron chi connectivity index (χ2n) is 7.15. The van der Waals surface area contributed by atoms with Gasteiger partial charge in [-0.15, -0.1) is 0 Å². The van der Waals surface area contributed by atoms with Crippen molar-refractivity contribution in [1.82, 2.24) is 4.90 Å². The number of aryl methyl sites for hydroxylation is 1. The third kappa shape index (κ3) is 5.23. The maximum Gasteiger partial charge on any atom is 0.311 e. The van der Waals surface area contributed by atoms with E-state index in [0.717, 1.165) is 15.6 Å². The lowest BCUT2D eigenvalue weighted by atomic mass is 10.1. The quantitative estimate of drug-likeness (QED) is 0.666. The highest BCUT2D eigenvalue weighted by Crippen LogP contribution is 2.29. The lowest BCUT2D eigenvalue weighted by molar-refractivity contribution is -0.151. The molecule has 0 radical (unpaired) electrons. The minimum Gasteiger partial charge on any atom is -0.455 e. The highest BCUT2D eigenvalue weighted by molar-refractivity contribution is 9.10. The fraction of sp³-hybridized carbons (Fsp3) is 0.318. The summed E-state index contributed by atoms with van der Waals surface area (Å²) in [4.78, 5) is 38.6. The predicted octanol–water partition coefficient (Wildman–Crippen LogP) is 3.85. The maximum absolute atomic E-state index is 12.4. The molecule has 0 unspecified atom stereocenters. The largest absolute Gasteiger partial charge is 0.455 e. The number of ether oxygens (including phenoxy) is 1. The van der Waals surface area contributed by atoms with E-state index in [1.54, 1.807) is 11.0 Å². The highest BCUT2D eigenvalue weighted by atomic mass is 79.9. The second kappa shape index (κ2) is 9.22. The summed E-state index contributed by atoms with van der Waals surface area (Å²) in [6.07, 6.45) is 0.101. The van der Waals surface area contributed by atoms with Crippen LogP contribution in [-0.2, 0) is 19.1 Å². The first-order valence-corrected chi connectivity index (χ1v) is 10.2. The first-order valence-electron chi connectivity index (χ1n) is 9.42. The maximum atomic E-state index is 12.4. The van der Waals surface area contributed by atoms with Crippen molar-refractivity contribution in [3.63, 3.8) is 0 Å². The summed E-state index contributed by atoms with van der Waals surface area (Å²) >= 11 is 3.37. The van der Waals surface area contributed by atoms with Crippen LogP contribution in [0.2, 0.25) is 0 Å². The molecule has 1 heterocycles. The van der Waals surface area contributed by atoms with Crippen molar-refractivity contribution >= 4 is 39.4 Å². The zero-order valence-corrected chi connectivity index (χ0v) is 17.9. The Labute approximate surface area is 178 Å². The van der Waals surface area contributed by atoms with E-state index in [0.29, 0.717) is 12.2 Å². The molecule has 0 saturated carbocycles. The molecule has 0 bridgehead atoms. The van der Waals surface area contributed by atoms with Crippen molar-refractivity contribution in [3.8, 4) is 0 Å². The zero-order chi connectivity index (χ0) is 21.0. The number of carbonyl (C=O) groups excluding carboxylic acids is 3. The average molecular weight is 459 g/mol. The summed E-state index contributed by atoms with van der Waals surface area (Å²) in [6, 6.07) is 15.0. The Morgan fingerprint density at radius 2 is 1.97 bits per heavy atom. The van der Waals surface area contributed by atoms with Crippen molar-refractivity contribution in [2.24, 2.45) is 5.92 Å². The molecule has 6 nitrogen and oxygen atoms in total. The number of anilines is 1. The van der Waals surface area contributed by atoms with Crippen LogP contribution >= 0.6 is 15.9 Å². The van der Waals surface area contributed by atoms with Crippen LogP contribution in [0.3, 0.4) is 0 Å². The molecule has 29 heavy (non-hydrogen) atoms. The SMILES string of the molecule is Cc1cc(Br)ccc1NC(=O)COC(=O)[C@@H]1CC(=O)N([C@H](C)c2ccccc2)C1. The van der Waals surface area contributed by atoms with Gasteiger partial charge in [-0.05, 0) is 43.2 Å². The van der Waals surface area contributed by atoms with Crippen LogP contribution in [0.1, 0.15) is 30.5 Å². The molecule has 0 aromatic heterocycles. The molecule has 1 N–H and O–H groups in total. The molecule has 2 atom stereocenters. The highest BCUT2D eigenvalue weighted by Gasteiger charge is 2.38. The van der Waals surface area contributed by atoms with Gasteiger partial charge in [0, 0.05) is 23.1 Å².